The maximum Gasteiger partial charge on any atom is 0.264 e. The van der Waals surface area contributed by atoms with E-state index in [1.165, 1.54) is 38.6 Å². The molecule has 0 unspecified atom stereocenters. The van der Waals surface area contributed by atoms with Gasteiger partial charge in [-0.1, -0.05) is 24.8 Å². The van der Waals surface area contributed by atoms with E-state index in [0.717, 1.165) is 4.31 Å². The van der Waals surface area contributed by atoms with Gasteiger partial charge in [0.25, 0.3) is 15.9 Å². The molecule has 3 aromatic carbocycles. The molecule has 0 aliphatic carbocycles. The fourth-order valence-electron chi connectivity index (χ4n) is 3.48. The van der Waals surface area contributed by atoms with Crippen LogP contribution in [0.2, 0.25) is 0 Å². The Morgan fingerprint density at radius 3 is 2.38 bits per heavy atom. The molecule has 3 aromatic rings. The van der Waals surface area contributed by atoms with Crippen LogP contribution in [0.15, 0.2) is 89.4 Å². The van der Waals surface area contributed by atoms with Gasteiger partial charge in [-0.25, -0.2) is 13.8 Å². The number of nitrogens with zero attached hydrogens (tertiary/aromatic N) is 2. The molecule has 1 N–H and O–H groups in total. The summed E-state index contributed by atoms with van der Waals surface area (Å²) in [5, 5.41) is 3.97. The van der Waals surface area contributed by atoms with Crippen LogP contribution in [0.25, 0.3) is 0 Å². The van der Waals surface area contributed by atoms with Crippen molar-refractivity contribution in [3.05, 3.63) is 84.9 Å². The molecule has 1 amide bonds. The van der Waals surface area contributed by atoms with Gasteiger partial charge in [0.15, 0.2) is 11.5 Å². The minimum absolute atomic E-state index is 0.0818. The minimum atomic E-state index is -4.20. The second kappa shape index (κ2) is 13.9. The summed E-state index contributed by atoms with van der Waals surface area (Å²) in [6.45, 7) is 5.73. The van der Waals surface area contributed by atoms with Crippen LogP contribution >= 0.6 is 0 Å². The van der Waals surface area contributed by atoms with E-state index in [-0.39, 0.29) is 16.3 Å². The Bertz CT molecular complexity index is 1410. The zero-order chi connectivity index (χ0) is 28.3. The van der Waals surface area contributed by atoms with Gasteiger partial charge in [0, 0.05) is 6.07 Å². The summed E-state index contributed by atoms with van der Waals surface area (Å²) >= 11 is 0. The van der Waals surface area contributed by atoms with E-state index in [1.54, 1.807) is 54.6 Å². The molecule has 0 aromatic heterocycles. The summed E-state index contributed by atoms with van der Waals surface area (Å²) in [6.07, 6.45) is 3.07. The summed E-state index contributed by atoms with van der Waals surface area (Å²) in [7, 11) is -1.34. The molecule has 39 heavy (non-hydrogen) atoms. The van der Waals surface area contributed by atoms with Gasteiger partial charge in [-0.2, -0.15) is 5.10 Å². The maximum atomic E-state index is 13.7. The highest BCUT2D eigenvalue weighted by molar-refractivity contribution is 7.92. The fraction of sp³-hybridized carbons (Fsp3) is 0.214. The van der Waals surface area contributed by atoms with Crippen LogP contribution in [-0.2, 0) is 14.8 Å². The third kappa shape index (κ3) is 7.74. The van der Waals surface area contributed by atoms with E-state index in [2.05, 4.69) is 17.1 Å². The van der Waals surface area contributed by atoms with E-state index < -0.39 is 22.5 Å². The number of hydrogen-bond acceptors (Lipinski definition) is 8. The van der Waals surface area contributed by atoms with Crippen molar-refractivity contribution in [3.8, 4) is 23.0 Å². The first-order valence-corrected chi connectivity index (χ1v) is 13.4. The number of methoxy groups -OCH3 is 2. The zero-order valence-corrected chi connectivity index (χ0v) is 22.8. The smallest absolute Gasteiger partial charge is 0.264 e. The second-order valence-electron chi connectivity index (χ2n) is 7.92. The number of amides is 1. The first kappa shape index (κ1) is 29.1. The normalized spacial score (nSPS) is 11.1. The van der Waals surface area contributed by atoms with Crippen molar-refractivity contribution >= 4 is 27.8 Å². The van der Waals surface area contributed by atoms with Gasteiger partial charge in [-0.05, 0) is 61.0 Å². The van der Waals surface area contributed by atoms with Crippen LogP contribution in [-0.4, -0.2) is 54.5 Å². The Morgan fingerprint density at radius 2 is 1.72 bits per heavy atom. The topological polar surface area (TPSA) is 116 Å². The minimum Gasteiger partial charge on any atom is -0.494 e. The molecule has 0 aliphatic rings. The summed E-state index contributed by atoms with van der Waals surface area (Å²) < 4.78 is 49.9. The van der Waals surface area contributed by atoms with Crippen molar-refractivity contribution < 1.29 is 32.2 Å². The van der Waals surface area contributed by atoms with E-state index >= 15 is 0 Å². The Morgan fingerprint density at radius 1 is 0.974 bits per heavy atom. The van der Waals surface area contributed by atoms with Crippen molar-refractivity contribution in [2.24, 2.45) is 5.10 Å². The summed E-state index contributed by atoms with van der Waals surface area (Å²) in [5.74, 6) is 1.14. The van der Waals surface area contributed by atoms with E-state index in [0.29, 0.717) is 36.0 Å². The van der Waals surface area contributed by atoms with Crippen molar-refractivity contribution in [3.63, 3.8) is 0 Å². The number of rotatable bonds is 14. The molecule has 0 aliphatic heterocycles. The molecule has 0 heterocycles. The largest absolute Gasteiger partial charge is 0.494 e. The highest BCUT2D eigenvalue weighted by Crippen LogP contribution is 2.32. The Balaban J connectivity index is 1.86. The van der Waals surface area contributed by atoms with Crippen LogP contribution in [0.5, 0.6) is 23.0 Å². The lowest BCUT2D eigenvalue weighted by atomic mass is 10.2. The highest BCUT2D eigenvalue weighted by atomic mass is 32.2. The lowest BCUT2D eigenvalue weighted by molar-refractivity contribution is -0.119. The van der Waals surface area contributed by atoms with Gasteiger partial charge in [0.05, 0.1) is 37.6 Å². The van der Waals surface area contributed by atoms with E-state index in [1.807, 2.05) is 6.92 Å². The van der Waals surface area contributed by atoms with E-state index in [9.17, 15) is 13.2 Å². The van der Waals surface area contributed by atoms with E-state index in [4.69, 9.17) is 18.9 Å². The third-order valence-corrected chi connectivity index (χ3v) is 7.06. The van der Waals surface area contributed by atoms with Crippen LogP contribution < -0.4 is 28.7 Å². The molecule has 0 fully saturated rings. The number of sulfonamides is 1. The summed E-state index contributed by atoms with van der Waals surface area (Å²) in [5.41, 5.74) is 3.33. The number of benzene rings is 3. The Hall–Kier alpha value is -4.51. The van der Waals surface area contributed by atoms with Gasteiger partial charge < -0.3 is 18.9 Å². The average molecular weight is 554 g/mol. The highest BCUT2D eigenvalue weighted by Gasteiger charge is 2.28. The molecule has 0 bridgehead atoms. The first-order valence-electron chi connectivity index (χ1n) is 12.0. The molecule has 0 saturated heterocycles. The predicted molar refractivity (Wildman–Crippen MR) is 150 cm³/mol. The molecule has 0 spiro atoms. The predicted octanol–water partition coefficient (Wildman–Crippen LogP) is 4.01. The fourth-order valence-corrected chi connectivity index (χ4v) is 4.92. The molecule has 0 radical (unpaired) electrons. The number of carbonyl (C=O) groups excluding carboxylic acids is 1. The molecular formula is C28H31N3O7S. The number of carbonyl (C=O) groups is 1. The quantitative estimate of drug-likeness (QED) is 0.182. The molecular weight excluding hydrogens is 522 g/mol. The second-order valence-corrected chi connectivity index (χ2v) is 9.78. The number of anilines is 1. The number of hydrogen-bond donors (Lipinski definition) is 1. The summed E-state index contributed by atoms with van der Waals surface area (Å²) in [6, 6.07) is 17.7. The summed E-state index contributed by atoms with van der Waals surface area (Å²) in [4.78, 5) is 12.8. The molecule has 0 saturated carbocycles. The van der Waals surface area contributed by atoms with Crippen molar-refractivity contribution in [1.29, 1.82) is 0 Å². The lowest BCUT2D eigenvalue weighted by Crippen LogP contribution is -2.39. The molecule has 0 atom stereocenters. The van der Waals surface area contributed by atoms with Gasteiger partial charge in [0.1, 0.15) is 24.7 Å². The van der Waals surface area contributed by atoms with Crippen molar-refractivity contribution in [2.45, 2.75) is 11.8 Å². The SMILES string of the molecule is C=CCOc1cccc(/C=N\NC(=O)CN(c2ccc(OCC)cc2)S(=O)(=O)c2ccc(OC)c(OC)c2)c1. The third-order valence-electron chi connectivity index (χ3n) is 5.29. The average Bonchev–Trinajstić information content (AvgIpc) is 2.95. The number of hydrazone groups is 1. The number of ether oxygens (including phenoxy) is 4. The van der Waals surface area contributed by atoms with Crippen molar-refractivity contribution in [2.75, 3.05) is 38.3 Å². The van der Waals surface area contributed by atoms with Crippen LogP contribution in [0.1, 0.15) is 12.5 Å². The Labute approximate surface area is 228 Å². The molecule has 11 heteroatoms. The monoisotopic (exact) mass is 553 g/mol. The van der Waals surface area contributed by atoms with Crippen LogP contribution in [0, 0.1) is 0 Å². The first-order chi connectivity index (χ1) is 18.8. The Kier molecular flexibility index (Phi) is 10.3. The standard InChI is InChI=1S/C28H31N3O7S/c1-5-16-38-24-9-7-8-21(17-24)19-29-30-28(32)20-31(22-10-12-23(13-11-22)37-6-2)39(33,34)25-14-15-26(35-3)27(18-25)36-4/h5,7-15,17-19H,1,6,16,20H2,2-4H3,(H,30,32)/b29-19-. The van der Waals surface area contributed by atoms with Crippen molar-refractivity contribution in [1.82, 2.24) is 5.43 Å². The van der Waals surface area contributed by atoms with Gasteiger partial charge >= 0.3 is 0 Å². The molecule has 3 rings (SSSR count). The molecule has 10 nitrogen and oxygen atoms in total. The lowest BCUT2D eigenvalue weighted by Gasteiger charge is -2.24. The number of nitrogens with one attached hydrogen (secondary N) is 1. The zero-order valence-electron chi connectivity index (χ0n) is 22.0. The van der Waals surface area contributed by atoms with Gasteiger partial charge in [-0.3, -0.25) is 9.10 Å². The molecule has 206 valence electrons. The van der Waals surface area contributed by atoms with Gasteiger partial charge in [0.2, 0.25) is 0 Å². The van der Waals surface area contributed by atoms with Crippen LogP contribution in [0.4, 0.5) is 5.69 Å². The van der Waals surface area contributed by atoms with Gasteiger partial charge in [-0.15, -0.1) is 0 Å². The maximum absolute atomic E-state index is 13.7. The van der Waals surface area contributed by atoms with Crippen LogP contribution in [0.3, 0.4) is 0 Å².